The average Bonchev–Trinajstić information content (AvgIpc) is 2.76. The van der Waals surface area contributed by atoms with E-state index in [1.165, 1.54) is 19.3 Å². The van der Waals surface area contributed by atoms with Crippen LogP contribution in [0.25, 0.3) is 6.08 Å². The third kappa shape index (κ3) is 6.74. The molecule has 2 rings (SSSR count). The standard InChI is InChI=1S/C25H28O6/c1-4-6-19-15-20(24(30-3)16-23(19)27)9-12-22(26)18-7-10-21(11-8-18)31-14-13-17(5-2)25(28)29/h4,7-12,15-17,27H,1,5-6,13-14H2,2-3H3,(H,28,29). The molecule has 6 heteroatoms. The van der Waals surface area contributed by atoms with Crippen LogP contribution in [0.1, 0.15) is 41.3 Å². The largest absolute Gasteiger partial charge is 0.508 e. The molecule has 0 radical (unpaired) electrons. The van der Waals surface area contributed by atoms with Crippen LogP contribution in [0.5, 0.6) is 17.2 Å². The van der Waals surface area contributed by atoms with E-state index in [-0.39, 0.29) is 11.5 Å². The minimum atomic E-state index is -0.819. The van der Waals surface area contributed by atoms with Gasteiger partial charge in [-0.05, 0) is 67.3 Å². The van der Waals surface area contributed by atoms with Crippen molar-refractivity contribution in [3.05, 3.63) is 71.8 Å². The summed E-state index contributed by atoms with van der Waals surface area (Å²) in [5.41, 5.74) is 1.86. The Morgan fingerprint density at radius 2 is 1.90 bits per heavy atom. The lowest BCUT2D eigenvalue weighted by Gasteiger charge is -2.11. The number of rotatable bonds is 12. The summed E-state index contributed by atoms with van der Waals surface area (Å²) in [6.07, 6.45) is 6.26. The van der Waals surface area contributed by atoms with E-state index >= 15 is 0 Å². The highest BCUT2D eigenvalue weighted by atomic mass is 16.5. The molecule has 1 atom stereocenters. The van der Waals surface area contributed by atoms with Gasteiger partial charge in [-0.3, -0.25) is 9.59 Å². The average molecular weight is 424 g/mol. The summed E-state index contributed by atoms with van der Waals surface area (Å²) in [6.45, 7) is 5.81. The van der Waals surface area contributed by atoms with Crippen molar-refractivity contribution in [2.45, 2.75) is 26.2 Å². The second-order valence-electron chi connectivity index (χ2n) is 7.02. The van der Waals surface area contributed by atoms with Gasteiger partial charge in [0.2, 0.25) is 0 Å². The fourth-order valence-corrected chi connectivity index (χ4v) is 3.06. The number of carbonyl (C=O) groups is 2. The van der Waals surface area contributed by atoms with Crippen LogP contribution in [0, 0.1) is 5.92 Å². The Morgan fingerprint density at radius 1 is 1.19 bits per heavy atom. The van der Waals surface area contributed by atoms with Crippen molar-refractivity contribution in [2.75, 3.05) is 13.7 Å². The van der Waals surface area contributed by atoms with Gasteiger partial charge in [0.1, 0.15) is 17.2 Å². The smallest absolute Gasteiger partial charge is 0.306 e. The highest BCUT2D eigenvalue weighted by Gasteiger charge is 2.14. The Bertz CT molecular complexity index is 943. The number of ketones is 1. The first kappa shape index (κ1) is 23.7. The molecule has 0 bridgehead atoms. The molecule has 0 heterocycles. The molecule has 0 spiro atoms. The number of allylic oxidation sites excluding steroid dienone is 2. The maximum atomic E-state index is 12.5. The van der Waals surface area contributed by atoms with Crippen LogP contribution >= 0.6 is 0 Å². The molecule has 2 aromatic rings. The van der Waals surface area contributed by atoms with E-state index in [0.717, 1.165) is 0 Å². The Kier molecular flexibility index (Phi) is 8.88. The SMILES string of the molecule is C=CCc1cc(C=CC(=O)c2ccc(OCCC(CC)C(=O)O)cc2)c(OC)cc1O. The zero-order valence-electron chi connectivity index (χ0n) is 17.8. The van der Waals surface area contributed by atoms with Crippen molar-refractivity contribution < 1.29 is 29.3 Å². The fraction of sp³-hybridized carbons (Fsp3) is 0.280. The summed E-state index contributed by atoms with van der Waals surface area (Å²) in [6, 6.07) is 9.97. The van der Waals surface area contributed by atoms with Crippen LogP contribution in [0.2, 0.25) is 0 Å². The van der Waals surface area contributed by atoms with E-state index in [1.54, 1.807) is 42.5 Å². The normalized spacial score (nSPS) is 11.8. The molecule has 0 saturated heterocycles. The second kappa shape index (κ2) is 11.6. The number of phenols is 1. The lowest BCUT2D eigenvalue weighted by molar-refractivity contribution is -0.142. The van der Waals surface area contributed by atoms with E-state index in [0.29, 0.717) is 54.1 Å². The number of hydrogen-bond donors (Lipinski definition) is 2. The molecule has 31 heavy (non-hydrogen) atoms. The maximum Gasteiger partial charge on any atom is 0.306 e. The maximum absolute atomic E-state index is 12.5. The van der Waals surface area contributed by atoms with Gasteiger partial charge in [0.25, 0.3) is 0 Å². The van der Waals surface area contributed by atoms with Gasteiger partial charge in [0.15, 0.2) is 5.78 Å². The number of carboxylic acids is 1. The predicted octanol–water partition coefficient (Wildman–Crippen LogP) is 4.91. The number of carboxylic acid groups (broad SMARTS) is 1. The summed E-state index contributed by atoms with van der Waals surface area (Å²) in [5, 5.41) is 19.1. The van der Waals surface area contributed by atoms with Crippen molar-refractivity contribution in [2.24, 2.45) is 5.92 Å². The van der Waals surface area contributed by atoms with Gasteiger partial charge in [-0.25, -0.2) is 0 Å². The molecule has 0 saturated carbocycles. The molecule has 2 N–H and O–H groups in total. The van der Waals surface area contributed by atoms with Crippen molar-refractivity contribution in [1.82, 2.24) is 0 Å². The fourth-order valence-electron chi connectivity index (χ4n) is 3.06. The van der Waals surface area contributed by atoms with E-state index in [1.807, 2.05) is 6.92 Å². The van der Waals surface area contributed by atoms with Crippen molar-refractivity contribution in [3.8, 4) is 17.2 Å². The number of carbonyl (C=O) groups excluding carboxylic acids is 1. The number of ether oxygens (including phenoxy) is 2. The van der Waals surface area contributed by atoms with Crippen molar-refractivity contribution in [1.29, 1.82) is 0 Å². The molecular formula is C25H28O6. The van der Waals surface area contributed by atoms with Crippen molar-refractivity contribution >= 4 is 17.8 Å². The van der Waals surface area contributed by atoms with Gasteiger partial charge in [-0.15, -0.1) is 6.58 Å². The Balaban J connectivity index is 2.04. The molecule has 6 nitrogen and oxygen atoms in total. The molecule has 0 fully saturated rings. The minimum absolute atomic E-state index is 0.115. The zero-order chi connectivity index (χ0) is 22.8. The monoisotopic (exact) mass is 424 g/mol. The van der Waals surface area contributed by atoms with Crippen LogP contribution in [-0.4, -0.2) is 35.7 Å². The Hall–Kier alpha value is -3.54. The lowest BCUT2D eigenvalue weighted by atomic mass is 10.0. The van der Waals surface area contributed by atoms with Crippen LogP contribution in [0.15, 0.2) is 55.1 Å². The summed E-state index contributed by atoms with van der Waals surface area (Å²) < 4.78 is 10.9. The molecule has 0 aromatic heterocycles. The first-order valence-electron chi connectivity index (χ1n) is 10.1. The molecule has 1 unspecified atom stereocenters. The number of phenolic OH excluding ortho intramolecular Hbond substituents is 1. The van der Waals surface area contributed by atoms with E-state index in [4.69, 9.17) is 14.6 Å². The molecular weight excluding hydrogens is 396 g/mol. The second-order valence-corrected chi connectivity index (χ2v) is 7.02. The first-order chi connectivity index (χ1) is 14.9. The number of aliphatic carboxylic acids is 1. The predicted molar refractivity (Wildman–Crippen MR) is 120 cm³/mol. The van der Waals surface area contributed by atoms with Crippen LogP contribution in [0.3, 0.4) is 0 Å². The highest BCUT2D eigenvalue weighted by molar-refractivity contribution is 6.07. The quantitative estimate of drug-likeness (QED) is 0.286. The third-order valence-electron chi connectivity index (χ3n) is 4.93. The molecule has 2 aromatic carbocycles. The van der Waals surface area contributed by atoms with Gasteiger partial charge in [-0.2, -0.15) is 0 Å². The molecule has 0 aliphatic heterocycles. The summed E-state index contributed by atoms with van der Waals surface area (Å²) in [7, 11) is 1.50. The molecule has 0 aliphatic carbocycles. The van der Waals surface area contributed by atoms with E-state index in [9.17, 15) is 14.7 Å². The van der Waals surface area contributed by atoms with Gasteiger partial charge in [-0.1, -0.05) is 13.0 Å². The van der Waals surface area contributed by atoms with Crippen LogP contribution in [-0.2, 0) is 11.2 Å². The molecule has 164 valence electrons. The summed E-state index contributed by atoms with van der Waals surface area (Å²) >= 11 is 0. The topological polar surface area (TPSA) is 93.1 Å². The van der Waals surface area contributed by atoms with Gasteiger partial charge in [0, 0.05) is 17.2 Å². The summed E-state index contributed by atoms with van der Waals surface area (Å²) in [5.74, 6) is -0.274. The lowest BCUT2D eigenvalue weighted by Crippen LogP contribution is -2.15. The number of aromatic hydroxyl groups is 1. The Morgan fingerprint density at radius 3 is 2.48 bits per heavy atom. The minimum Gasteiger partial charge on any atom is -0.508 e. The summed E-state index contributed by atoms with van der Waals surface area (Å²) in [4.78, 5) is 23.6. The van der Waals surface area contributed by atoms with E-state index < -0.39 is 11.9 Å². The van der Waals surface area contributed by atoms with Gasteiger partial charge in [0.05, 0.1) is 19.6 Å². The first-order valence-corrected chi connectivity index (χ1v) is 10.1. The number of benzene rings is 2. The van der Waals surface area contributed by atoms with Gasteiger partial charge < -0.3 is 19.7 Å². The van der Waals surface area contributed by atoms with Crippen molar-refractivity contribution in [3.63, 3.8) is 0 Å². The highest BCUT2D eigenvalue weighted by Crippen LogP contribution is 2.30. The Labute approximate surface area is 182 Å². The molecule has 0 aliphatic rings. The third-order valence-corrected chi connectivity index (χ3v) is 4.93. The number of hydrogen-bond acceptors (Lipinski definition) is 5. The zero-order valence-corrected chi connectivity index (χ0v) is 17.8. The van der Waals surface area contributed by atoms with Crippen LogP contribution < -0.4 is 9.47 Å². The van der Waals surface area contributed by atoms with Gasteiger partial charge >= 0.3 is 5.97 Å². The molecule has 0 amide bonds. The number of methoxy groups -OCH3 is 1. The van der Waals surface area contributed by atoms with Crippen LogP contribution in [0.4, 0.5) is 0 Å². The van der Waals surface area contributed by atoms with E-state index in [2.05, 4.69) is 6.58 Å².